The monoisotopic (exact) mass is 218 g/mol. The number of hydrogen-bond acceptors (Lipinski definition) is 0. The van der Waals surface area contributed by atoms with Crippen LogP contribution in [-0.4, -0.2) is 0 Å². The third-order valence-electron chi connectivity index (χ3n) is 3.55. The fourth-order valence-corrected chi connectivity index (χ4v) is 1.91. The van der Waals surface area contributed by atoms with E-state index in [9.17, 15) is 0 Å². The summed E-state index contributed by atoms with van der Waals surface area (Å²) in [6.07, 6.45) is 4.43. The Morgan fingerprint density at radius 2 is 1.25 bits per heavy atom. The molecule has 0 unspecified atom stereocenters. The highest BCUT2D eigenvalue weighted by molar-refractivity contribution is 5.19. The topological polar surface area (TPSA) is 0 Å². The predicted molar refractivity (Wildman–Crippen MR) is 72.7 cm³/mol. The van der Waals surface area contributed by atoms with Crippen LogP contribution in [0.25, 0.3) is 0 Å². The average molecular weight is 218 g/mol. The van der Waals surface area contributed by atoms with Crippen molar-refractivity contribution < 1.29 is 0 Å². The van der Waals surface area contributed by atoms with Crippen LogP contribution in [0.4, 0.5) is 0 Å². The van der Waals surface area contributed by atoms with Gasteiger partial charge in [0.15, 0.2) is 0 Å². The van der Waals surface area contributed by atoms with Crippen molar-refractivity contribution >= 4 is 0 Å². The summed E-state index contributed by atoms with van der Waals surface area (Å²) in [5.41, 5.74) is 3.25. The van der Waals surface area contributed by atoms with E-state index in [-0.39, 0.29) is 0 Å². The van der Waals surface area contributed by atoms with Crippen LogP contribution in [-0.2, 0) is 0 Å². The van der Waals surface area contributed by atoms with E-state index in [0.717, 1.165) is 5.92 Å². The summed E-state index contributed by atoms with van der Waals surface area (Å²) in [7, 11) is 0. The first kappa shape index (κ1) is 13.3. The zero-order chi connectivity index (χ0) is 12.2. The molecule has 1 saturated carbocycles. The van der Waals surface area contributed by atoms with Gasteiger partial charge in [0, 0.05) is 0 Å². The van der Waals surface area contributed by atoms with Gasteiger partial charge in [-0.25, -0.2) is 0 Å². The molecule has 0 heterocycles. The molecule has 0 spiro atoms. The molecule has 0 aliphatic heterocycles. The van der Waals surface area contributed by atoms with Gasteiger partial charge in [-0.3, -0.25) is 0 Å². The van der Waals surface area contributed by atoms with E-state index in [0.29, 0.717) is 5.41 Å². The largest absolute Gasteiger partial charge is 0.0599 e. The summed E-state index contributed by atoms with van der Waals surface area (Å²) in [6.45, 7) is 11.2. The van der Waals surface area contributed by atoms with Gasteiger partial charge < -0.3 is 0 Å². The quantitative estimate of drug-likeness (QED) is 0.566. The van der Waals surface area contributed by atoms with Crippen LogP contribution in [0.2, 0.25) is 0 Å². The van der Waals surface area contributed by atoms with Crippen LogP contribution >= 0.6 is 0 Å². The zero-order valence-corrected chi connectivity index (χ0v) is 11.5. The number of rotatable bonds is 0. The lowest BCUT2D eigenvalue weighted by Crippen LogP contribution is -2.26. The minimum Gasteiger partial charge on any atom is -0.0599 e. The van der Waals surface area contributed by atoms with Crippen LogP contribution in [0, 0.1) is 25.2 Å². The molecule has 0 amide bonds. The average Bonchev–Trinajstić information content (AvgIpc) is 2.05. The Labute approximate surface area is 101 Å². The molecule has 0 N–H and O–H groups in total. The molecule has 0 bridgehead atoms. The van der Waals surface area contributed by atoms with Crippen LogP contribution in [0.1, 0.15) is 51.2 Å². The van der Waals surface area contributed by atoms with E-state index in [1.54, 1.807) is 0 Å². The highest BCUT2D eigenvalue weighted by Gasteiger charge is 2.29. The lowest BCUT2D eigenvalue weighted by atomic mass is 9.69. The minimum absolute atomic E-state index is 0.595. The molecule has 0 saturated heterocycles. The molecule has 1 aliphatic carbocycles. The summed E-state index contributed by atoms with van der Waals surface area (Å²) in [4.78, 5) is 0. The van der Waals surface area contributed by atoms with Gasteiger partial charge in [0.25, 0.3) is 0 Å². The third-order valence-corrected chi connectivity index (χ3v) is 3.55. The molecule has 1 aromatic rings. The highest BCUT2D eigenvalue weighted by Crippen LogP contribution is 2.40. The van der Waals surface area contributed by atoms with Gasteiger partial charge in [-0.2, -0.15) is 0 Å². The van der Waals surface area contributed by atoms with Crippen molar-refractivity contribution in [1.82, 2.24) is 0 Å². The molecule has 1 aliphatic rings. The van der Waals surface area contributed by atoms with Gasteiger partial charge in [0.05, 0.1) is 0 Å². The lowest BCUT2D eigenvalue weighted by Gasteiger charge is -2.37. The second kappa shape index (κ2) is 5.52. The fourth-order valence-electron chi connectivity index (χ4n) is 1.91. The predicted octanol–water partition coefficient (Wildman–Crippen LogP) is 5.14. The zero-order valence-electron chi connectivity index (χ0n) is 11.5. The van der Waals surface area contributed by atoms with Crippen molar-refractivity contribution in [2.45, 2.75) is 53.9 Å². The Bertz CT molecular complexity index is 275. The summed E-state index contributed by atoms with van der Waals surface area (Å²) >= 11 is 0. The van der Waals surface area contributed by atoms with Crippen LogP contribution < -0.4 is 0 Å². The SMILES string of the molecule is CC(C)(C)C1CCC1.Cc1ccc(C)cc1. The van der Waals surface area contributed by atoms with E-state index >= 15 is 0 Å². The third kappa shape index (κ3) is 4.38. The van der Waals surface area contributed by atoms with Crippen LogP contribution in [0.5, 0.6) is 0 Å². The number of hydrogen-bond donors (Lipinski definition) is 0. The van der Waals surface area contributed by atoms with Crippen molar-refractivity contribution in [3.05, 3.63) is 35.4 Å². The molecule has 2 rings (SSSR count). The Hall–Kier alpha value is -0.780. The molecule has 16 heavy (non-hydrogen) atoms. The first-order chi connectivity index (χ1) is 7.39. The minimum atomic E-state index is 0.595. The molecular formula is C16H26. The first-order valence-electron chi connectivity index (χ1n) is 6.43. The molecule has 90 valence electrons. The maximum absolute atomic E-state index is 2.34. The second-order valence-electron chi connectivity index (χ2n) is 6.15. The van der Waals surface area contributed by atoms with E-state index in [4.69, 9.17) is 0 Å². The highest BCUT2D eigenvalue weighted by atomic mass is 14.3. The standard InChI is InChI=1S/C8H16.C8H10/c1-8(2,3)7-5-4-6-7;1-7-3-5-8(2)6-4-7/h7H,4-6H2,1-3H3;3-6H,1-2H3. The van der Waals surface area contributed by atoms with E-state index in [1.165, 1.54) is 30.4 Å². The Kier molecular flexibility index (Phi) is 4.58. The molecule has 0 heteroatoms. The molecule has 0 aromatic heterocycles. The molecule has 0 radical (unpaired) electrons. The fraction of sp³-hybridized carbons (Fsp3) is 0.625. The van der Waals surface area contributed by atoms with Crippen molar-refractivity contribution in [3.8, 4) is 0 Å². The Morgan fingerprint density at radius 1 is 0.875 bits per heavy atom. The Morgan fingerprint density at radius 3 is 1.38 bits per heavy atom. The smallest absolute Gasteiger partial charge is 0.0354 e. The van der Waals surface area contributed by atoms with Gasteiger partial charge in [-0.15, -0.1) is 0 Å². The van der Waals surface area contributed by atoms with Crippen molar-refractivity contribution in [1.29, 1.82) is 0 Å². The van der Waals surface area contributed by atoms with Gasteiger partial charge >= 0.3 is 0 Å². The molecule has 1 aromatic carbocycles. The van der Waals surface area contributed by atoms with E-state index < -0.39 is 0 Å². The van der Waals surface area contributed by atoms with Crippen LogP contribution in [0.15, 0.2) is 24.3 Å². The summed E-state index contributed by atoms with van der Waals surface area (Å²) in [6, 6.07) is 8.48. The number of benzene rings is 1. The van der Waals surface area contributed by atoms with Gasteiger partial charge in [-0.05, 0) is 38.0 Å². The Balaban J connectivity index is 0.000000160. The molecular weight excluding hydrogens is 192 g/mol. The summed E-state index contributed by atoms with van der Waals surface area (Å²) in [5, 5.41) is 0. The number of aryl methyl sites for hydroxylation is 2. The molecule has 0 nitrogen and oxygen atoms in total. The lowest BCUT2D eigenvalue weighted by molar-refractivity contribution is 0.141. The van der Waals surface area contributed by atoms with Gasteiger partial charge in [0.2, 0.25) is 0 Å². The van der Waals surface area contributed by atoms with Crippen molar-refractivity contribution in [2.24, 2.45) is 11.3 Å². The van der Waals surface area contributed by atoms with E-state index in [2.05, 4.69) is 58.9 Å². The molecule has 0 atom stereocenters. The van der Waals surface area contributed by atoms with Gasteiger partial charge in [0.1, 0.15) is 0 Å². The summed E-state index contributed by atoms with van der Waals surface area (Å²) in [5.74, 6) is 1.03. The first-order valence-corrected chi connectivity index (χ1v) is 6.43. The maximum Gasteiger partial charge on any atom is -0.0354 e. The van der Waals surface area contributed by atoms with Crippen molar-refractivity contribution in [2.75, 3.05) is 0 Å². The maximum atomic E-state index is 2.34. The normalized spacial score (nSPS) is 16.1. The second-order valence-corrected chi connectivity index (χ2v) is 6.15. The van der Waals surface area contributed by atoms with E-state index in [1.807, 2.05) is 0 Å². The van der Waals surface area contributed by atoms with Crippen LogP contribution in [0.3, 0.4) is 0 Å². The van der Waals surface area contributed by atoms with Gasteiger partial charge in [-0.1, -0.05) is 62.6 Å². The molecule has 1 fully saturated rings. The summed E-state index contributed by atoms with van der Waals surface area (Å²) < 4.78 is 0. The van der Waals surface area contributed by atoms with Crippen molar-refractivity contribution in [3.63, 3.8) is 0 Å².